The Morgan fingerprint density at radius 2 is 1.15 bits per heavy atom. The van der Waals surface area contributed by atoms with Crippen LogP contribution in [0.3, 0.4) is 0 Å². The third-order valence-corrected chi connectivity index (χ3v) is 10.3. The van der Waals surface area contributed by atoms with Crippen LogP contribution in [0.2, 0.25) is 0 Å². The number of aliphatic hydroxyl groups excluding tert-OH is 5. The van der Waals surface area contributed by atoms with Gasteiger partial charge in [0.1, 0.15) is 12.1 Å². The maximum absolute atomic E-state index is 12.5. The van der Waals surface area contributed by atoms with E-state index in [-0.39, 0.29) is 24.1 Å². The number of ether oxygens (including phenoxy) is 1. The molecular weight excluding hydrogens is 610 g/mol. The highest BCUT2D eigenvalue weighted by Gasteiger charge is 2.34. The van der Waals surface area contributed by atoms with Crippen molar-refractivity contribution in [1.82, 2.24) is 4.90 Å². The van der Waals surface area contributed by atoms with E-state index in [1.165, 1.54) is 45.6 Å². The summed E-state index contributed by atoms with van der Waals surface area (Å²) in [5, 5.41) is 51.8. The van der Waals surface area contributed by atoms with Gasteiger partial charge in [0, 0.05) is 13.0 Å². The lowest BCUT2D eigenvalue weighted by Gasteiger charge is -2.23. The van der Waals surface area contributed by atoms with E-state index in [1.54, 1.807) is 4.90 Å². The summed E-state index contributed by atoms with van der Waals surface area (Å²) >= 11 is 0. The molecular formula is C39H75NO8. The fraction of sp³-hybridized carbons (Fsp3) is 0.949. The predicted molar refractivity (Wildman–Crippen MR) is 192 cm³/mol. The van der Waals surface area contributed by atoms with Crippen LogP contribution in [-0.4, -0.2) is 92.5 Å². The lowest BCUT2D eigenvalue weighted by molar-refractivity contribution is -0.151. The summed E-state index contributed by atoms with van der Waals surface area (Å²) in [7, 11) is 1.35. The summed E-state index contributed by atoms with van der Waals surface area (Å²) in [6.07, 6.45) is 19.9. The number of esters is 1. The zero-order chi connectivity index (χ0) is 35.6. The number of unbranched alkanes of at least 4 members (excludes halogenated alkanes) is 12. The first-order valence-corrected chi connectivity index (χ1v) is 19.9. The van der Waals surface area contributed by atoms with Crippen molar-refractivity contribution in [3.8, 4) is 0 Å². The van der Waals surface area contributed by atoms with E-state index in [2.05, 4.69) is 13.8 Å². The number of hydrogen-bond donors (Lipinski definition) is 5. The van der Waals surface area contributed by atoms with Crippen molar-refractivity contribution in [3.05, 3.63) is 0 Å². The molecule has 0 aromatic carbocycles. The number of rotatable bonds is 31. The molecule has 0 spiro atoms. The molecule has 0 saturated carbocycles. The van der Waals surface area contributed by atoms with Crippen LogP contribution in [0.1, 0.15) is 181 Å². The highest BCUT2D eigenvalue weighted by Crippen LogP contribution is 2.22. The summed E-state index contributed by atoms with van der Waals surface area (Å²) in [4.78, 5) is 26.0. The van der Waals surface area contributed by atoms with Crippen molar-refractivity contribution in [2.45, 2.75) is 217 Å². The zero-order valence-electron chi connectivity index (χ0n) is 31.0. The van der Waals surface area contributed by atoms with Crippen LogP contribution in [0, 0.1) is 5.92 Å². The van der Waals surface area contributed by atoms with Gasteiger partial charge in [-0.15, -0.1) is 0 Å². The number of carbonyl (C=O) groups is 2. The van der Waals surface area contributed by atoms with Crippen LogP contribution in [0.4, 0.5) is 0 Å². The number of likely N-dealkylation sites (tertiary alicyclic amines) is 1. The van der Waals surface area contributed by atoms with Gasteiger partial charge in [0.25, 0.3) is 0 Å². The molecule has 1 aliphatic heterocycles. The number of hydrogen-bond acceptors (Lipinski definition) is 8. The summed E-state index contributed by atoms with van der Waals surface area (Å²) in [5.74, 6) is 0.236. The Labute approximate surface area is 293 Å². The Balaban J connectivity index is 1.99. The molecule has 1 aliphatic rings. The molecule has 0 aliphatic carbocycles. The SMILES string of the molecule is CCCCCCC[C@@H](C)C[C@@H](O)CCCCCCC[C@H](O)CCCC[C@@H](O)[C@@H](O)[C@@H](O)CCCCCCC(=O)N1CCC[C@H]1C(=O)OC. The maximum atomic E-state index is 12.5. The first-order valence-electron chi connectivity index (χ1n) is 19.9. The normalized spacial score (nSPS) is 18.8. The summed E-state index contributed by atoms with van der Waals surface area (Å²) < 4.78 is 4.80. The molecule has 7 atom stereocenters. The van der Waals surface area contributed by atoms with Gasteiger partial charge in [-0.2, -0.15) is 0 Å². The van der Waals surface area contributed by atoms with Crippen LogP contribution in [-0.2, 0) is 14.3 Å². The van der Waals surface area contributed by atoms with Crippen molar-refractivity contribution >= 4 is 11.9 Å². The molecule has 5 N–H and O–H groups in total. The van der Waals surface area contributed by atoms with Gasteiger partial charge in [0.05, 0.1) is 31.5 Å². The summed E-state index contributed by atoms with van der Waals surface area (Å²) in [6.45, 7) is 5.11. The van der Waals surface area contributed by atoms with E-state index in [1.807, 2.05) is 0 Å². The standard InChI is InChI=1S/C39H75NO8/c1-4-5-6-8-13-21-31(2)30-33(42)24-15-10-7-9-14-22-32(41)23-18-19-27-36(44)38(46)35(43)26-16-11-12-17-28-37(45)40-29-20-25-34(40)39(47)48-3/h31-36,38,41-44,46H,4-30H2,1-3H3/t31-,32+,33+,34+,35+,36-,38+/m1/s1. The van der Waals surface area contributed by atoms with Crippen molar-refractivity contribution < 1.29 is 39.9 Å². The van der Waals surface area contributed by atoms with E-state index >= 15 is 0 Å². The summed E-state index contributed by atoms with van der Waals surface area (Å²) in [6, 6.07) is -0.457. The average molecular weight is 686 g/mol. The van der Waals surface area contributed by atoms with Crippen LogP contribution < -0.4 is 0 Å². The Kier molecular flexibility index (Phi) is 26.5. The predicted octanol–water partition coefficient (Wildman–Crippen LogP) is 6.97. The number of methoxy groups -OCH3 is 1. The Bertz CT molecular complexity index is 798. The first-order chi connectivity index (χ1) is 23.1. The molecule has 1 saturated heterocycles. The monoisotopic (exact) mass is 686 g/mol. The van der Waals surface area contributed by atoms with Gasteiger partial charge >= 0.3 is 5.97 Å². The smallest absolute Gasteiger partial charge is 0.328 e. The highest BCUT2D eigenvalue weighted by molar-refractivity contribution is 5.85. The molecule has 48 heavy (non-hydrogen) atoms. The minimum Gasteiger partial charge on any atom is -0.467 e. The molecule has 9 nitrogen and oxygen atoms in total. The Hall–Kier alpha value is -1.26. The highest BCUT2D eigenvalue weighted by atomic mass is 16.5. The zero-order valence-corrected chi connectivity index (χ0v) is 31.0. The van der Waals surface area contributed by atoms with Gasteiger partial charge in [0.15, 0.2) is 0 Å². The van der Waals surface area contributed by atoms with Gasteiger partial charge in [-0.25, -0.2) is 4.79 Å². The van der Waals surface area contributed by atoms with Crippen molar-refractivity contribution in [2.75, 3.05) is 13.7 Å². The molecule has 1 fully saturated rings. The molecule has 0 bridgehead atoms. The lowest BCUT2D eigenvalue weighted by Crippen LogP contribution is -2.40. The minimum atomic E-state index is -1.19. The lowest BCUT2D eigenvalue weighted by atomic mass is 9.94. The fourth-order valence-corrected chi connectivity index (χ4v) is 7.14. The third-order valence-electron chi connectivity index (χ3n) is 10.3. The van der Waals surface area contributed by atoms with Crippen molar-refractivity contribution in [1.29, 1.82) is 0 Å². The van der Waals surface area contributed by atoms with Crippen LogP contribution >= 0.6 is 0 Å². The van der Waals surface area contributed by atoms with Gasteiger partial charge in [0.2, 0.25) is 5.91 Å². The average Bonchev–Trinajstić information content (AvgIpc) is 3.57. The maximum Gasteiger partial charge on any atom is 0.328 e. The number of carbonyl (C=O) groups excluding carboxylic acids is 2. The molecule has 9 heteroatoms. The quantitative estimate of drug-likeness (QED) is 0.0388. The van der Waals surface area contributed by atoms with E-state index in [0.717, 1.165) is 77.0 Å². The number of aliphatic hydroxyl groups is 5. The Morgan fingerprint density at radius 3 is 1.75 bits per heavy atom. The fourth-order valence-electron chi connectivity index (χ4n) is 7.14. The second-order valence-electron chi connectivity index (χ2n) is 14.8. The van der Waals surface area contributed by atoms with E-state index in [9.17, 15) is 35.1 Å². The first kappa shape index (κ1) is 44.8. The third kappa shape index (κ3) is 21.1. The van der Waals surface area contributed by atoms with Gasteiger partial charge < -0.3 is 35.2 Å². The van der Waals surface area contributed by atoms with Crippen molar-refractivity contribution in [3.63, 3.8) is 0 Å². The summed E-state index contributed by atoms with van der Waals surface area (Å²) in [5.41, 5.74) is 0. The van der Waals surface area contributed by atoms with Crippen LogP contribution in [0.15, 0.2) is 0 Å². The number of amides is 1. The molecule has 0 unspecified atom stereocenters. The second kappa shape index (κ2) is 28.4. The molecule has 0 aromatic rings. The molecule has 0 radical (unpaired) electrons. The van der Waals surface area contributed by atoms with Crippen LogP contribution in [0.25, 0.3) is 0 Å². The molecule has 1 heterocycles. The van der Waals surface area contributed by atoms with Gasteiger partial charge in [-0.05, 0) is 63.7 Å². The van der Waals surface area contributed by atoms with Gasteiger partial charge in [-0.3, -0.25) is 4.79 Å². The van der Waals surface area contributed by atoms with Crippen LogP contribution in [0.5, 0.6) is 0 Å². The van der Waals surface area contributed by atoms with E-state index in [0.29, 0.717) is 63.8 Å². The Morgan fingerprint density at radius 1 is 0.667 bits per heavy atom. The van der Waals surface area contributed by atoms with Crippen molar-refractivity contribution in [2.24, 2.45) is 5.92 Å². The van der Waals surface area contributed by atoms with E-state index < -0.39 is 24.4 Å². The topological polar surface area (TPSA) is 148 Å². The van der Waals surface area contributed by atoms with E-state index in [4.69, 9.17) is 4.74 Å². The number of nitrogens with zero attached hydrogens (tertiary/aromatic N) is 1. The second-order valence-corrected chi connectivity index (χ2v) is 14.8. The molecule has 1 rings (SSSR count). The minimum absolute atomic E-state index is 0.0176. The molecule has 1 amide bonds. The molecule has 0 aromatic heterocycles. The largest absolute Gasteiger partial charge is 0.467 e. The van der Waals surface area contributed by atoms with Gasteiger partial charge in [-0.1, -0.05) is 117 Å². The molecule has 284 valence electrons.